The Balaban J connectivity index is 0.000000547. The molecule has 0 aliphatic rings. The van der Waals surface area contributed by atoms with Crippen molar-refractivity contribution in [3.05, 3.63) is 142 Å². The van der Waals surface area contributed by atoms with Gasteiger partial charge in [0.15, 0.2) is 50.3 Å². The minimum absolute atomic E-state index is 0. The molecule has 224 valence electrons. The molecule has 0 N–H and O–H groups in total. The lowest BCUT2D eigenvalue weighted by Gasteiger charge is -1.91. The molecule has 0 aliphatic carbocycles. The van der Waals surface area contributed by atoms with Crippen molar-refractivity contribution in [2.75, 3.05) is 0 Å². The van der Waals surface area contributed by atoms with Gasteiger partial charge in [-0.2, -0.15) is 10.5 Å². The highest BCUT2D eigenvalue weighted by Gasteiger charge is 1.97. The molecule has 0 heterocycles. The van der Waals surface area contributed by atoms with Crippen LogP contribution < -0.4 is 0 Å². The average Bonchev–Trinajstić information content (AvgIpc) is 3.12. The van der Waals surface area contributed by atoms with E-state index in [-0.39, 0.29) is 6.42 Å². The van der Waals surface area contributed by atoms with Crippen LogP contribution in [0.3, 0.4) is 0 Å². The summed E-state index contributed by atoms with van der Waals surface area (Å²) in [7, 11) is 0. The lowest BCUT2D eigenvalue weighted by atomic mass is 10.1. The Morgan fingerprint density at radius 1 is 0.333 bits per heavy atom. The molecule has 0 saturated heterocycles. The van der Waals surface area contributed by atoms with Gasteiger partial charge in [-0.1, -0.05) is 97.1 Å². The molecule has 0 unspecified atom stereocenters. The third-order valence-electron chi connectivity index (χ3n) is 5.16. The summed E-state index contributed by atoms with van der Waals surface area (Å²) in [6.45, 7) is 0. The number of benzene rings is 4. The van der Waals surface area contributed by atoms with Crippen LogP contribution in [0.1, 0.15) is 89.3 Å². The van der Waals surface area contributed by atoms with Gasteiger partial charge in [0.1, 0.15) is 6.42 Å². The van der Waals surface area contributed by atoms with Crippen molar-refractivity contribution < 1.29 is 38.4 Å². The van der Waals surface area contributed by atoms with E-state index in [4.69, 9.17) is 10.5 Å². The van der Waals surface area contributed by atoms with Gasteiger partial charge >= 0.3 is 0 Å². The van der Waals surface area contributed by atoms with E-state index in [1.54, 1.807) is 109 Å². The quantitative estimate of drug-likeness (QED) is 0.228. The van der Waals surface area contributed by atoms with Gasteiger partial charge in [0.05, 0.1) is 12.1 Å². The van der Waals surface area contributed by atoms with Crippen LogP contribution in [0.5, 0.6) is 0 Å². The molecule has 0 amide bonds. The largest absolute Gasteiger partial charge is 0.298 e. The number of nitriles is 2. The van der Waals surface area contributed by atoms with Crippen molar-refractivity contribution in [3.8, 4) is 12.1 Å². The predicted molar refractivity (Wildman–Crippen MR) is 165 cm³/mol. The highest BCUT2D eigenvalue weighted by atomic mass is 16.1. The molecule has 45 heavy (non-hydrogen) atoms. The number of carbonyl (C=O) groups is 8. The van der Waals surface area contributed by atoms with Crippen molar-refractivity contribution in [1.29, 1.82) is 10.5 Å². The van der Waals surface area contributed by atoms with Gasteiger partial charge in [0, 0.05) is 44.5 Å². The van der Waals surface area contributed by atoms with Gasteiger partial charge in [0.2, 0.25) is 0 Å². The third kappa shape index (κ3) is 15.1. The van der Waals surface area contributed by atoms with E-state index in [0.29, 0.717) is 94.8 Å². The van der Waals surface area contributed by atoms with Gasteiger partial charge in [-0.15, -0.1) is 0 Å². The molecule has 0 atom stereocenters. The molecule has 0 bridgehead atoms. The van der Waals surface area contributed by atoms with Crippen LogP contribution in [-0.4, -0.2) is 50.3 Å². The topological polar surface area (TPSA) is 184 Å². The molecule has 0 saturated carbocycles. The van der Waals surface area contributed by atoms with E-state index >= 15 is 0 Å². The second kappa shape index (κ2) is 25.0. The van der Waals surface area contributed by atoms with Crippen molar-refractivity contribution in [1.82, 2.24) is 0 Å². The molecular formula is C35H26N2O8. The van der Waals surface area contributed by atoms with Crippen LogP contribution in [0, 0.1) is 22.7 Å². The Hall–Kier alpha value is -6.78. The minimum atomic E-state index is 0. The van der Waals surface area contributed by atoms with Crippen LogP contribution in [0.2, 0.25) is 0 Å². The molecule has 4 aromatic carbocycles. The smallest absolute Gasteiger partial charge is 0.150 e. The normalized spacial score (nSPS) is 8.31. The number of nitrogens with zero attached hydrogens (tertiary/aromatic N) is 2. The zero-order valence-corrected chi connectivity index (χ0v) is 23.7. The van der Waals surface area contributed by atoms with Crippen molar-refractivity contribution in [2.45, 2.75) is 6.42 Å². The number of aldehydes is 8. The second-order valence-corrected chi connectivity index (χ2v) is 7.95. The molecule has 4 rings (SSSR count). The first-order valence-corrected chi connectivity index (χ1v) is 12.7. The molecule has 4 aromatic rings. The lowest BCUT2D eigenvalue weighted by Crippen LogP contribution is -1.87. The summed E-state index contributed by atoms with van der Waals surface area (Å²) in [4.78, 5) is 81.8. The summed E-state index contributed by atoms with van der Waals surface area (Å²) < 4.78 is 0. The Morgan fingerprint density at radius 3 is 0.533 bits per heavy atom. The van der Waals surface area contributed by atoms with E-state index in [9.17, 15) is 38.4 Å². The first kappa shape index (κ1) is 38.2. The zero-order chi connectivity index (χ0) is 33.7. The summed E-state index contributed by atoms with van der Waals surface area (Å²) in [6, 6.07) is 29.9. The van der Waals surface area contributed by atoms with E-state index in [0.717, 1.165) is 0 Å². The molecule has 0 aliphatic heterocycles. The number of hydrogen-bond donors (Lipinski definition) is 0. The van der Waals surface area contributed by atoms with Gasteiger partial charge in [-0.3, -0.25) is 38.4 Å². The minimum Gasteiger partial charge on any atom is -0.298 e. The fourth-order valence-corrected chi connectivity index (χ4v) is 2.94. The summed E-state index contributed by atoms with van der Waals surface area (Å²) >= 11 is 0. The number of hydrogen-bond acceptors (Lipinski definition) is 10. The van der Waals surface area contributed by atoms with Crippen LogP contribution >= 0.6 is 0 Å². The summed E-state index contributed by atoms with van der Waals surface area (Å²) in [5, 5.41) is 15.2. The monoisotopic (exact) mass is 602 g/mol. The lowest BCUT2D eigenvalue weighted by molar-refractivity contribution is 0.109. The van der Waals surface area contributed by atoms with Crippen LogP contribution in [0.25, 0.3) is 0 Å². The van der Waals surface area contributed by atoms with E-state index in [2.05, 4.69) is 0 Å². The Labute approximate surface area is 259 Å². The second-order valence-electron chi connectivity index (χ2n) is 7.95. The van der Waals surface area contributed by atoms with Crippen LogP contribution in [0.4, 0.5) is 0 Å². The molecule has 0 spiro atoms. The van der Waals surface area contributed by atoms with Gasteiger partial charge in [0.25, 0.3) is 0 Å². The SMILES string of the molecule is N#CCC#N.O=Cc1ccccc1C=O.O=Cc1ccccc1C=O.O=Cc1ccccc1C=O.O=Cc1ccccc1C=O. The third-order valence-corrected chi connectivity index (χ3v) is 5.16. The number of carbonyl (C=O) groups excluding carboxylic acids is 8. The summed E-state index contributed by atoms with van der Waals surface area (Å²) in [6.07, 6.45) is 5.36. The Bertz CT molecular complexity index is 1320. The van der Waals surface area contributed by atoms with Crippen molar-refractivity contribution in [2.24, 2.45) is 0 Å². The van der Waals surface area contributed by atoms with Crippen molar-refractivity contribution in [3.63, 3.8) is 0 Å². The van der Waals surface area contributed by atoms with Gasteiger partial charge < -0.3 is 0 Å². The molecule has 0 fully saturated rings. The molecule has 0 aromatic heterocycles. The standard InChI is InChI=1S/4C8H6O2.C3H2N2/c4*9-5-7-3-1-2-4-8(7)6-10;4-2-1-3-5/h4*1-6H;1H2. The maximum atomic E-state index is 10.2. The first-order valence-electron chi connectivity index (χ1n) is 12.7. The number of rotatable bonds is 8. The first-order chi connectivity index (χ1) is 21.9. The average molecular weight is 603 g/mol. The van der Waals surface area contributed by atoms with E-state index in [1.807, 2.05) is 0 Å². The van der Waals surface area contributed by atoms with Crippen molar-refractivity contribution >= 4 is 50.3 Å². The molecular weight excluding hydrogens is 576 g/mol. The van der Waals surface area contributed by atoms with E-state index < -0.39 is 0 Å². The summed E-state index contributed by atoms with van der Waals surface area (Å²) in [5.74, 6) is 0. The van der Waals surface area contributed by atoms with Crippen LogP contribution in [0.15, 0.2) is 97.1 Å². The molecule has 10 heteroatoms. The molecule has 0 radical (unpaired) electrons. The van der Waals surface area contributed by atoms with Gasteiger partial charge in [-0.05, 0) is 0 Å². The maximum Gasteiger partial charge on any atom is 0.150 e. The van der Waals surface area contributed by atoms with Gasteiger partial charge in [-0.25, -0.2) is 0 Å². The fourth-order valence-electron chi connectivity index (χ4n) is 2.94. The van der Waals surface area contributed by atoms with E-state index in [1.165, 1.54) is 0 Å². The maximum absolute atomic E-state index is 10.2. The highest BCUT2D eigenvalue weighted by molar-refractivity contribution is 5.91. The summed E-state index contributed by atoms with van der Waals surface area (Å²) in [5.41, 5.74) is 3.54. The Morgan fingerprint density at radius 2 is 0.467 bits per heavy atom. The van der Waals surface area contributed by atoms with Crippen LogP contribution in [-0.2, 0) is 0 Å². The zero-order valence-electron chi connectivity index (χ0n) is 23.7. The Kier molecular flexibility index (Phi) is 21.2. The fraction of sp³-hybridized carbons (Fsp3) is 0.0286. The highest BCUT2D eigenvalue weighted by Crippen LogP contribution is 2.03. The molecule has 10 nitrogen and oxygen atoms in total. The predicted octanol–water partition coefficient (Wildman–Crippen LogP) is 5.67.